The average molecular weight is 300 g/mol. The molecular weight excluding hydrogens is 287 g/mol. The Balaban J connectivity index is 2.76. The molecule has 0 saturated carbocycles. The Bertz CT molecular complexity index is 563. The third kappa shape index (κ3) is 4.97. The molecule has 0 bridgehead atoms. The van der Waals surface area contributed by atoms with Crippen LogP contribution in [0.1, 0.15) is 6.42 Å². The smallest absolute Gasteiger partial charge is 0.326 e. The second-order valence-corrected chi connectivity index (χ2v) is 3.93. The molecule has 4 N–H and O–H groups in total. The number of aliphatic carboxylic acids is 2. The Kier molecular flexibility index (Phi) is 5.47. The number of nitrogens with one attached hydrogen (secondary N) is 2. The summed E-state index contributed by atoms with van der Waals surface area (Å²) in [4.78, 5) is 32.9. The van der Waals surface area contributed by atoms with Gasteiger partial charge in [0.1, 0.15) is 17.6 Å². The van der Waals surface area contributed by atoms with Gasteiger partial charge in [-0.15, -0.1) is 0 Å². The van der Waals surface area contributed by atoms with Gasteiger partial charge in [0.05, 0.1) is 19.2 Å². The molecule has 1 aromatic carbocycles. The summed E-state index contributed by atoms with van der Waals surface area (Å²) in [5, 5.41) is 21.6. The Hall–Kier alpha value is -2.84. The maximum Gasteiger partial charge on any atom is 0.326 e. The molecule has 0 saturated heterocycles. The fraction of sp³-hybridized carbons (Fsp3) is 0.250. The van der Waals surface area contributed by atoms with Gasteiger partial charge in [-0.2, -0.15) is 0 Å². The van der Waals surface area contributed by atoms with Crippen molar-refractivity contribution in [1.29, 1.82) is 0 Å². The van der Waals surface area contributed by atoms with Crippen LogP contribution in [0.2, 0.25) is 0 Å². The highest BCUT2D eigenvalue weighted by Crippen LogP contribution is 2.24. The first kappa shape index (κ1) is 16.2. The summed E-state index contributed by atoms with van der Waals surface area (Å²) in [5.41, 5.74) is 0.107. The third-order valence-electron chi connectivity index (χ3n) is 2.39. The predicted octanol–water partition coefficient (Wildman–Crippen LogP) is 0.884. The van der Waals surface area contributed by atoms with Gasteiger partial charge < -0.3 is 25.6 Å². The molecule has 0 spiro atoms. The number of anilines is 1. The Morgan fingerprint density at radius 2 is 2.00 bits per heavy atom. The second kappa shape index (κ2) is 7.08. The Morgan fingerprint density at radius 3 is 2.52 bits per heavy atom. The molecule has 0 aliphatic rings. The van der Waals surface area contributed by atoms with Crippen LogP contribution in [0, 0.1) is 5.82 Å². The van der Waals surface area contributed by atoms with E-state index in [-0.39, 0.29) is 11.4 Å². The minimum absolute atomic E-state index is 0.0373. The van der Waals surface area contributed by atoms with Gasteiger partial charge >= 0.3 is 18.0 Å². The molecule has 0 fully saturated rings. The summed E-state index contributed by atoms with van der Waals surface area (Å²) >= 11 is 0. The summed E-state index contributed by atoms with van der Waals surface area (Å²) < 4.78 is 17.8. The number of ether oxygens (including phenoxy) is 1. The van der Waals surface area contributed by atoms with Crippen molar-refractivity contribution in [3.05, 3.63) is 24.0 Å². The van der Waals surface area contributed by atoms with Crippen LogP contribution < -0.4 is 15.4 Å². The van der Waals surface area contributed by atoms with E-state index in [0.29, 0.717) is 0 Å². The molecule has 0 aliphatic carbocycles. The summed E-state index contributed by atoms with van der Waals surface area (Å²) in [7, 11) is 1.27. The minimum Gasteiger partial charge on any atom is -0.494 e. The molecule has 1 aromatic rings. The maximum atomic E-state index is 13.0. The lowest BCUT2D eigenvalue weighted by molar-refractivity contribution is -0.145. The normalized spacial score (nSPS) is 11.3. The van der Waals surface area contributed by atoms with Gasteiger partial charge in [-0.3, -0.25) is 4.79 Å². The van der Waals surface area contributed by atoms with Crippen LogP contribution in [-0.2, 0) is 9.59 Å². The SMILES string of the molecule is COc1cc(F)ccc1NC(=O)N[C@@H](CC(=O)O)C(=O)O. The molecule has 2 amide bonds. The summed E-state index contributed by atoms with van der Waals surface area (Å²) in [5.74, 6) is -3.40. The van der Waals surface area contributed by atoms with Gasteiger partial charge in [-0.1, -0.05) is 0 Å². The van der Waals surface area contributed by atoms with Crippen LogP contribution in [0.25, 0.3) is 0 Å². The van der Waals surface area contributed by atoms with E-state index in [4.69, 9.17) is 14.9 Å². The number of carbonyl (C=O) groups is 3. The monoisotopic (exact) mass is 300 g/mol. The molecular formula is C12H13FN2O6. The fourth-order valence-electron chi connectivity index (χ4n) is 1.46. The molecule has 1 atom stereocenters. The highest BCUT2D eigenvalue weighted by Gasteiger charge is 2.23. The molecule has 0 aliphatic heterocycles. The van der Waals surface area contributed by atoms with Crippen molar-refractivity contribution >= 4 is 23.7 Å². The van der Waals surface area contributed by atoms with E-state index >= 15 is 0 Å². The molecule has 21 heavy (non-hydrogen) atoms. The highest BCUT2D eigenvalue weighted by atomic mass is 19.1. The van der Waals surface area contributed by atoms with Gasteiger partial charge in [-0.25, -0.2) is 14.0 Å². The highest BCUT2D eigenvalue weighted by molar-refractivity contribution is 5.94. The second-order valence-electron chi connectivity index (χ2n) is 3.93. The molecule has 1 rings (SSSR count). The third-order valence-corrected chi connectivity index (χ3v) is 2.39. The van der Waals surface area contributed by atoms with Crippen LogP contribution in [0.15, 0.2) is 18.2 Å². The summed E-state index contributed by atoms with van der Waals surface area (Å²) in [6.45, 7) is 0. The molecule has 8 nitrogen and oxygen atoms in total. The first-order chi connectivity index (χ1) is 9.83. The van der Waals surface area contributed by atoms with Crippen LogP contribution >= 0.6 is 0 Å². The first-order valence-electron chi connectivity index (χ1n) is 5.69. The van der Waals surface area contributed by atoms with E-state index in [1.165, 1.54) is 13.2 Å². The Labute approximate surface area is 118 Å². The number of methoxy groups -OCH3 is 1. The largest absolute Gasteiger partial charge is 0.494 e. The zero-order chi connectivity index (χ0) is 16.0. The molecule has 0 heterocycles. The number of carboxylic acids is 2. The summed E-state index contributed by atoms with van der Waals surface area (Å²) in [6.07, 6.45) is -0.774. The minimum atomic E-state index is -1.59. The van der Waals surface area contributed by atoms with Gasteiger partial charge in [0.15, 0.2) is 0 Å². The number of halogens is 1. The number of carbonyl (C=O) groups excluding carboxylic acids is 1. The van der Waals surface area contributed by atoms with Crippen LogP contribution in [-0.4, -0.2) is 41.3 Å². The quantitative estimate of drug-likeness (QED) is 0.618. The van der Waals surface area contributed by atoms with E-state index in [1.54, 1.807) is 0 Å². The number of carboxylic acid groups (broad SMARTS) is 2. The van der Waals surface area contributed by atoms with Crippen molar-refractivity contribution in [2.24, 2.45) is 0 Å². The van der Waals surface area contributed by atoms with Crippen molar-refractivity contribution < 1.29 is 33.7 Å². The van der Waals surface area contributed by atoms with E-state index in [2.05, 4.69) is 5.32 Å². The van der Waals surface area contributed by atoms with Crippen molar-refractivity contribution in [3.8, 4) is 5.75 Å². The first-order valence-corrected chi connectivity index (χ1v) is 5.69. The zero-order valence-electron chi connectivity index (χ0n) is 10.9. The number of hydrogen-bond donors (Lipinski definition) is 4. The lowest BCUT2D eigenvalue weighted by Gasteiger charge is -2.14. The maximum absolute atomic E-state index is 13.0. The fourth-order valence-corrected chi connectivity index (χ4v) is 1.46. The van der Waals surface area contributed by atoms with Gasteiger partial charge in [0.25, 0.3) is 0 Å². The molecule has 114 valence electrons. The summed E-state index contributed by atoms with van der Waals surface area (Å²) in [6, 6.07) is 0.786. The predicted molar refractivity (Wildman–Crippen MR) is 68.8 cm³/mol. The lowest BCUT2D eigenvalue weighted by Crippen LogP contribution is -2.44. The number of amides is 2. The number of rotatable bonds is 6. The van der Waals surface area contributed by atoms with Crippen LogP contribution in [0.4, 0.5) is 14.9 Å². The number of hydrogen-bond acceptors (Lipinski definition) is 4. The van der Waals surface area contributed by atoms with Crippen molar-refractivity contribution in [1.82, 2.24) is 5.32 Å². The molecule has 0 radical (unpaired) electrons. The number of urea groups is 1. The molecule has 9 heteroatoms. The van der Waals surface area contributed by atoms with Gasteiger partial charge in [-0.05, 0) is 12.1 Å². The van der Waals surface area contributed by atoms with E-state index in [9.17, 15) is 18.8 Å². The van der Waals surface area contributed by atoms with Crippen molar-refractivity contribution in [2.45, 2.75) is 12.5 Å². The zero-order valence-corrected chi connectivity index (χ0v) is 10.9. The van der Waals surface area contributed by atoms with Crippen molar-refractivity contribution in [2.75, 3.05) is 12.4 Å². The number of benzene rings is 1. The van der Waals surface area contributed by atoms with Crippen molar-refractivity contribution in [3.63, 3.8) is 0 Å². The molecule has 0 aromatic heterocycles. The average Bonchev–Trinajstić information content (AvgIpc) is 2.39. The lowest BCUT2D eigenvalue weighted by atomic mass is 10.2. The Morgan fingerprint density at radius 1 is 1.33 bits per heavy atom. The topological polar surface area (TPSA) is 125 Å². The van der Waals surface area contributed by atoms with Gasteiger partial charge in [0.2, 0.25) is 0 Å². The van der Waals surface area contributed by atoms with E-state index in [0.717, 1.165) is 12.1 Å². The molecule has 0 unspecified atom stereocenters. The van der Waals surface area contributed by atoms with Gasteiger partial charge in [0, 0.05) is 6.07 Å². The van der Waals surface area contributed by atoms with E-state index < -0.39 is 36.2 Å². The standard InChI is InChI=1S/C12H13FN2O6/c1-21-9-4-6(13)2-3-7(9)14-12(20)15-8(11(18)19)5-10(16)17/h2-4,8H,5H2,1H3,(H,16,17)(H,18,19)(H2,14,15,20)/t8-/m0/s1. The van der Waals surface area contributed by atoms with Crippen LogP contribution in [0.3, 0.4) is 0 Å². The van der Waals surface area contributed by atoms with E-state index in [1.807, 2.05) is 5.32 Å². The van der Waals surface area contributed by atoms with Crippen LogP contribution in [0.5, 0.6) is 5.75 Å².